The molecule has 0 atom stereocenters. The van der Waals surface area contributed by atoms with Gasteiger partial charge in [0.25, 0.3) is 0 Å². The summed E-state index contributed by atoms with van der Waals surface area (Å²) < 4.78 is 0. The Labute approximate surface area is 110 Å². The maximum atomic E-state index is 5.45. The molecule has 96 valence electrons. The molecule has 2 aliphatic heterocycles. The molecule has 0 amide bonds. The van der Waals surface area contributed by atoms with E-state index in [9.17, 15) is 0 Å². The molecule has 4 heteroatoms. The largest absolute Gasteiger partial charge is 0.359 e. The Kier molecular flexibility index (Phi) is 4.66. The lowest BCUT2D eigenvalue weighted by Crippen LogP contribution is -2.45. The Balaban J connectivity index is 1.78. The molecule has 2 fully saturated rings. The van der Waals surface area contributed by atoms with Crippen molar-refractivity contribution in [3.05, 3.63) is 12.4 Å². The van der Waals surface area contributed by atoms with Gasteiger partial charge in [-0.25, -0.2) is 0 Å². The van der Waals surface area contributed by atoms with Gasteiger partial charge < -0.3 is 15.1 Å². The van der Waals surface area contributed by atoms with Crippen molar-refractivity contribution in [2.45, 2.75) is 38.5 Å². The van der Waals surface area contributed by atoms with Crippen molar-refractivity contribution in [3.63, 3.8) is 0 Å². The standard InChI is InChI=1S/C13H23N3S/c1-12(15-8-4-2-5-9-15)14-13(17)16-10-6-3-7-11-16/h1-11H2,(H,14,17). The normalized spacial score (nSPS) is 21.2. The lowest BCUT2D eigenvalue weighted by Gasteiger charge is -2.34. The van der Waals surface area contributed by atoms with E-state index < -0.39 is 0 Å². The molecular formula is C13H23N3S. The molecular weight excluding hydrogens is 230 g/mol. The minimum atomic E-state index is 0.861. The van der Waals surface area contributed by atoms with E-state index in [0.717, 1.165) is 37.1 Å². The van der Waals surface area contributed by atoms with Crippen molar-refractivity contribution in [1.29, 1.82) is 0 Å². The van der Waals surface area contributed by atoms with E-state index in [4.69, 9.17) is 12.2 Å². The SMILES string of the molecule is C=C(NC(=S)N1CCCCC1)N1CCCCC1. The fourth-order valence-corrected chi connectivity index (χ4v) is 2.84. The summed E-state index contributed by atoms with van der Waals surface area (Å²) in [5, 5.41) is 4.17. The van der Waals surface area contributed by atoms with Crippen LogP contribution in [0.3, 0.4) is 0 Å². The van der Waals surface area contributed by atoms with Crippen LogP contribution in [0.15, 0.2) is 12.4 Å². The highest BCUT2D eigenvalue weighted by Gasteiger charge is 2.16. The molecule has 0 unspecified atom stereocenters. The fraction of sp³-hybridized carbons (Fsp3) is 0.769. The third kappa shape index (κ3) is 3.60. The zero-order valence-electron chi connectivity index (χ0n) is 10.6. The lowest BCUT2D eigenvalue weighted by atomic mass is 10.1. The second-order valence-corrected chi connectivity index (χ2v) is 5.36. The van der Waals surface area contributed by atoms with E-state index in [1.165, 1.54) is 38.5 Å². The summed E-state index contributed by atoms with van der Waals surface area (Å²) in [4.78, 5) is 4.59. The van der Waals surface area contributed by atoms with Crippen LogP contribution in [0.25, 0.3) is 0 Å². The first-order valence-corrected chi connectivity index (χ1v) is 7.18. The average Bonchev–Trinajstić information content (AvgIpc) is 2.40. The molecule has 2 heterocycles. The van der Waals surface area contributed by atoms with Crippen molar-refractivity contribution in [2.24, 2.45) is 0 Å². The molecule has 0 spiro atoms. The number of hydrogen-bond acceptors (Lipinski definition) is 2. The van der Waals surface area contributed by atoms with Crippen LogP contribution in [0, 0.1) is 0 Å². The summed E-state index contributed by atoms with van der Waals surface area (Å²) in [5.41, 5.74) is 0. The van der Waals surface area contributed by atoms with Gasteiger partial charge in [-0.3, -0.25) is 0 Å². The topological polar surface area (TPSA) is 18.5 Å². The second kappa shape index (κ2) is 6.24. The van der Waals surface area contributed by atoms with Gasteiger partial charge in [0.1, 0.15) is 5.82 Å². The van der Waals surface area contributed by atoms with Gasteiger partial charge in [-0.05, 0) is 50.7 Å². The summed E-state index contributed by atoms with van der Waals surface area (Å²) in [5.74, 6) is 0.986. The quantitative estimate of drug-likeness (QED) is 0.761. The summed E-state index contributed by atoms with van der Waals surface area (Å²) in [6.45, 7) is 8.55. The highest BCUT2D eigenvalue weighted by Crippen LogP contribution is 2.13. The number of rotatable bonds is 2. The highest BCUT2D eigenvalue weighted by molar-refractivity contribution is 7.80. The van der Waals surface area contributed by atoms with Crippen LogP contribution in [0.2, 0.25) is 0 Å². The first kappa shape index (κ1) is 12.7. The summed E-state index contributed by atoms with van der Waals surface area (Å²) >= 11 is 5.45. The highest BCUT2D eigenvalue weighted by atomic mass is 32.1. The van der Waals surface area contributed by atoms with Crippen molar-refractivity contribution in [1.82, 2.24) is 15.1 Å². The Hall–Kier alpha value is -0.770. The average molecular weight is 253 g/mol. The molecule has 0 aromatic heterocycles. The van der Waals surface area contributed by atoms with Crippen LogP contribution in [0.4, 0.5) is 0 Å². The predicted molar refractivity (Wildman–Crippen MR) is 75.7 cm³/mol. The molecule has 3 nitrogen and oxygen atoms in total. The molecule has 0 aliphatic carbocycles. The Morgan fingerprint density at radius 3 is 1.82 bits per heavy atom. The van der Waals surface area contributed by atoms with Crippen LogP contribution in [0.5, 0.6) is 0 Å². The second-order valence-electron chi connectivity index (χ2n) is 4.97. The smallest absolute Gasteiger partial charge is 0.174 e. The van der Waals surface area contributed by atoms with Crippen molar-refractivity contribution < 1.29 is 0 Å². The number of likely N-dealkylation sites (tertiary alicyclic amines) is 2. The Morgan fingerprint density at radius 1 is 0.824 bits per heavy atom. The minimum Gasteiger partial charge on any atom is -0.359 e. The van der Waals surface area contributed by atoms with Gasteiger partial charge in [-0.15, -0.1) is 0 Å². The van der Waals surface area contributed by atoms with Gasteiger partial charge in [0.15, 0.2) is 5.11 Å². The third-order valence-corrected chi connectivity index (χ3v) is 3.99. The number of piperidine rings is 2. The fourth-order valence-electron chi connectivity index (χ4n) is 2.54. The first-order chi connectivity index (χ1) is 8.27. The molecule has 1 N–H and O–H groups in total. The van der Waals surface area contributed by atoms with Crippen LogP contribution >= 0.6 is 12.2 Å². The van der Waals surface area contributed by atoms with E-state index in [-0.39, 0.29) is 0 Å². The third-order valence-electron chi connectivity index (χ3n) is 3.63. The van der Waals surface area contributed by atoms with Crippen LogP contribution in [-0.2, 0) is 0 Å². The maximum Gasteiger partial charge on any atom is 0.174 e. The van der Waals surface area contributed by atoms with Crippen LogP contribution < -0.4 is 5.32 Å². The van der Waals surface area contributed by atoms with Crippen molar-refractivity contribution >= 4 is 17.3 Å². The Bertz CT molecular complexity index is 250. The van der Waals surface area contributed by atoms with Gasteiger partial charge in [-0.1, -0.05) is 6.58 Å². The molecule has 2 aliphatic rings. The monoisotopic (exact) mass is 253 g/mol. The van der Waals surface area contributed by atoms with Crippen molar-refractivity contribution in [2.75, 3.05) is 26.2 Å². The molecule has 2 saturated heterocycles. The van der Waals surface area contributed by atoms with Gasteiger partial charge in [0.05, 0.1) is 0 Å². The van der Waals surface area contributed by atoms with Crippen LogP contribution in [0.1, 0.15) is 38.5 Å². The molecule has 0 aromatic rings. The van der Waals surface area contributed by atoms with Crippen LogP contribution in [-0.4, -0.2) is 41.1 Å². The van der Waals surface area contributed by atoms with Crippen molar-refractivity contribution in [3.8, 4) is 0 Å². The minimum absolute atomic E-state index is 0.861. The van der Waals surface area contributed by atoms with Gasteiger partial charge in [-0.2, -0.15) is 0 Å². The predicted octanol–water partition coefficient (Wildman–Crippen LogP) is 2.30. The van der Waals surface area contributed by atoms with Gasteiger partial charge >= 0.3 is 0 Å². The summed E-state index contributed by atoms with van der Waals surface area (Å²) in [7, 11) is 0. The summed E-state index contributed by atoms with van der Waals surface area (Å²) in [6, 6.07) is 0. The number of nitrogens with zero attached hydrogens (tertiary/aromatic N) is 2. The molecule has 17 heavy (non-hydrogen) atoms. The maximum absolute atomic E-state index is 5.45. The Morgan fingerprint density at radius 2 is 1.29 bits per heavy atom. The lowest BCUT2D eigenvalue weighted by molar-refractivity contribution is 0.271. The molecule has 0 radical (unpaired) electrons. The number of nitrogens with one attached hydrogen (secondary N) is 1. The zero-order valence-corrected chi connectivity index (χ0v) is 11.4. The van der Waals surface area contributed by atoms with E-state index in [0.29, 0.717) is 0 Å². The van der Waals surface area contributed by atoms with E-state index in [1.807, 2.05) is 0 Å². The van der Waals surface area contributed by atoms with Gasteiger partial charge in [0, 0.05) is 26.2 Å². The van der Waals surface area contributed by atoms with E-state index in [1.54, 1.807) is 0 Å². The number of hydrogen-bond donors (Lipinski definition) is 1. The van der Waals surface area contributed by atoms with E-state index >= 15 is 0 Å². The van der Waals surface area contributed by atoms with E-state index in [2.05, 4.69) is 21.7 Å². The zero-order chi connectivity index (χ0) is 12.1. The molecule has 0 bridgehead atoms. The number of thiocarbonyl (C=S) groups is 1. The molecule has 2 rings (SSSR count). The molecule has 0 aromatic carbocycles. The molecule has 0 saturated carbocycles. The van der Waals surface area contributed by atoms with Gasteiger partial charge in [0.2, 0.25) is 0 Å². The first-order valence-electron chi connectivity index (χ1n) is 6.77. The summed E-state index contributed by atoms with van der Waals surface area (Å²) in [6.07, 6.45) is 7.76.